The van der Waals surface area contributed by atoms with Crippen LogP contribution < -0.4 is 5.32 Å². The fourth-order valence-electron chi connectivity index (χ4n) is 2.27. The highest BCUT2D eigenvalue weighted by atomic mass is 15.4. The first-order chi connectivity index (χ1) is 7.16. The summed E-state index contributed by atoms with van der Waals surface area (Å²) in [6, 6.07) is 0. The van der Waals surface area contributed by atoms with E-state index in [1.165, 1.54) is 5.39 Å². The van der Waals surface area contributed by atoms with Gasteiger partial charge in [0.05, 0.1) is 11.1 Å². The third-order valence-corrected chi connectivity index (χ3v) is 3.00. The molecule has 0 saturated heterocycles. The molecule has 1 N–H and O–H groups in total. The van der Waals surface area contributed by atoms with Crippen LogP contribution in [0.15, 0.2) is 0 Å². The van der Waals surface area contributed by atoms with Gasteiger partial charge in [-0.25, -0.2) is 9.36 Å². The van der Waals surface area contributed by atoms with Gasteiger partial charge in [-0.05, 0) is 12.8 Å². The third kappa shape index (κ3) is 1.09. The summed E-state index contributed by atoms with van der Waals surface area (Å²) < 4.78 is 3.91. The molecule has 15 heavy (non-hydrogen) atoms. The molecule has 0 aliphatic carbocycles. The maximum absolute atomic E-state index is 4.58. The Balaban J connectivity index is 2.29. The highest BCUT2D eigenvalue weighted by Crippen LogP contribution is 2.29. The summed E-state index contributed by atoms with van der Waals surface area (Å²) >= 11 is 0. The van der Waals surface area contributed by atoms with E-state index in [4.69, 9.17) is 0 Å². The highest BCUT2D eigenvalue weighted by molar-refractivity contribution is 5.90. The van der Waals surface area contributed by atoms with E-state index >= 15 is 0 Å². The van der Waals surface area contributed by atoms with Gasteiger partial charge in [-0.3, -0.25) is 0 Å². The predicted octanol–water partition coefficient (Wildman–Crippen LogP) is 1.14. The van der Waals surface area contributed by atoms with Gasteiger partial charge in [0.2, 0.25) is 0 Å². The third-order valence-electron chi connectivity index (χ3n) is 3.00. The number of fused-ring (bicyclic) bond motifs is 3. The number of hydrogen-bond acceptors (Lipinski definition) is 3. The lowest BCUT2D eigenvalue weighted by atomic mass is 10.1. The summed E-state index contributed by atoms with van der Waals surface area (Å²) in [5.74, 6) is 1.77. The van der Waals surface area contributed by atoms with E-state index in [2.05, 4.69) is 27.1 Å². The minimum absolute atomic E-state index is 0.639. The molecule has 0 radical (unpaired) electrons. The SMILES string of the molecule is Cc1nn(C)c2nn3c(c12)NCC(C)C3. The van der Waals surface area contributed by atoms with Crippen molar-refractivity contribution in [1.82, 2.24) is 19.6 Å². The molecule has 1 unspecified atom stereocenters. The molecule has 1 atom stereocenters. The Hall–Kier alpha value is -1.52. The van der Waals surface area contributed by atoms with Crippen LogP contribution in [0.1, 0.15) is 12.6 Å². The first-order valence-electron chi connectivity index (χ1n) is 5.31. The summed E-state index contributed by atoms with van der Waals surface area (Å²) in [6.07, 6.45) is 0. The molecule has 80 valence electrons. The van der Waals surface area contributed by atoms with Gasteiger partial charge in [-0.2, -0.15) is 10.2 Å². The van der Waals surface area contributed by atoms with Gasteiger partial charge >= 0.3 is 0 Å². The van der Waals surface area contributed by atoms with Crippen molar-refractivity contribution in [2.24, 2.45) is 13.0 Å². The number of nitrogens with one attached hydrogen (secondary N) is 1. The number of rotatable bonds is 0. The summed E-state index contributed by atoms with van der Waals surface area (Å²) in [4.78, 5) is 0. The predicted molar refractivity (Wildman–Crippen MR) is 58.9 cm³/mol. The molecular weight excluding hydrogens is 190 g/mol. The lowest BCUT2D eigenvalue weighted by molar-refractivity contribution is 0.446. The van der Waals surface area contributed by atoms with Gasteiger partial charge in [-0.15, -0.1) is 0 Å². The number of anilines is 1. The van der Waals surface area contributed by atoms with Crippen LogP contribution >= 0.6 is 0 Å². The smallest absolute Gasteiger partial charge is 0.182 e. The van der Waals surface area contributed by atoms with Crippen LogP contribution in [0.5, 0.6) is 0 Å². The Kier molecular flexibility index (Phi) is 1.60. The van der Waals surface area contributed by atoms with E-state index in [-0.39, 0.29) is 0 Å². The van der Waals surface area contributed by atoms with E-state index in [0.717, 1.165) is 30.2 Å². The van der Waals surface area contributed by atoms with Crippen LogP contribution in [0.3, 0.4) is 0 Å². The Morgan fingerprint density at radius 3 is 3.00 bits per heavy atom. The number of hydrogen-bond donors (Lipinski definition) is 1. The topological polar surface area (TPSA) is 47.7 Å². The minimum Gasteiger partial charge on any atom is -0.369 e. The van der Waals surface area contributed by atoms with Crippen LogP contribution in [0.25, 0.3) is 11.0 Å². The van der Waals surface area contributed by atoms with E-state index in [1.807, 2.05) is 18.7 Å². The molecule has 0 bridgehead atoms. The monoisotopic (exact) mass is 205 g/mol. The summed E-state index contributed by atoms with van der Waals surface area (Å²) in [7, 11) is 1.94. The van der Waals surface area contributed by atoms with Gasteiger partial charge < -0.3 is 5.32 Å². The Morgan fingerprint density at radius 2 is 2.20 bits per heavy atom. The average Bonchev–Trinajstić information content (AvgIpc) is 2.66. The Morgan fingerprint density at radius 1 is 1.40 bits per heavy atom. The van der Waals surface area contributed by atoms with Crippen molar-refractivity contribution in [3.05, 3.63) is 5.69 Å². The molecule has 1 aliphatic heterocycles. The molecule has 2 aromatic rings. The Labute approximate surface area is 88.1 Å². The second-order valence-electron chi connectivity index (χ2n) is 4.42. The van der Waals surface area contributed by atoms with Crippen molar-refractivity contribution in [1.29, 1.82) is 0 Å². The van der Waals surface area contributed by atoms with Crippen molar-refractivity contribution in [2.75, 3.05) is 11.9 Å². The van der Waals surface area contributed by atoms with Gasteiger partial charge in [-0.1, -0.05) is 6.92 Å². The largest absolute Gasteiger partial charge is 0.369 e. The molecule has 3 heterocycles. The van der Waals surface area contributed by atoms with Gasteiger partial charge in [0.1, 0.15) is 5.82 Å². The average molecular weight is 205 g/mol. The Bertz CT molecular complexity index is 521. The zero-order chi connectivity index (χ0) is 10.6. The van der Waals surface area contributed by atoms with Crippen molar-refractivity contribution in [3.8, 4) is 0 Å². The number of nitrogens with zero attached hydrogens (tertiary/aromatic N) is 4. The molecular formula is C10H15N5. The first kappa shape index (κ1) is 8.76. The summed E-state index contributed by atoms with van der Waals surface area (Å²) in [6.45, 7) is 6.28. The van der Waals surface area contributed by atoms with Crippen LogP contribution in [0, 0.1) is 12.8 Å². The molecule has 0 spiro atoms. The van der Waals surface area contributed by atoms with E-state index < -0.39 is 0 Å². The molecule has 0 aromatic carbocycles. The molecule has 3 rings (SSSR count). The second kappa shape index (κ2) is 2.74. The highest BCUT2D eigenvalue weighted by Gasteiger charge is 2.22. The summed E-state index contributed by atoms with van der Waals surface area (Å²) in [5, 5.41) is 13.6. The molecule has 0 fully saturated rings. The van der Waals surface area contributed by atoms with Crippen LogP contribution in [0.2, 0.25) is 0 Å². The molecule has 0 saturated carbocycles. The van der Waals surface area contributed by atoms with E-state index in [9.17, 15) is 0 Å². The maximum Gasteiger partial charge on any atom is 0.182 e. The molecule has 1 aliphatic rings. The molecule has 2 aromatic heterocycles. The molecule has 5 nitrogen and oxygen atoms in total. The number of aromatic nitrogens is 4. The maximum atomic E-state index is 4.58. The van der Waals surface area contributed by atoms with Gasteiger partial charge in [0.25, 0.3) is 0 Å². The van der Waals surface area contributed by atoms with Crippen molar-refractivity contribution in [2.45, 2.75) is 20.4 Å². The van der Waals surface area contributed by atoms with Crippen LogP contribution in [-0.2, 0) is 13.6 Å². The quantitative estimate of drug-likeness (QED) is 0.701. The lowest BCUT2D eigenvalue weighted by Crippen LogP contribution is -2.25. The fourth-order valence-corrected chi connectivity index (χ4v) is 2.27. The zero-order valence-electron chi connectivity index (χ0n) is 9.28. The molecule has 0 amide bonds. The first-order valence-corrected chi connectivity index (χ1v) is 5.31. The fraction of sp³-hybridized carbons (Fsp3) is 0.600. The normalized spacial score (nSPS) is 20.3. The number of aryl methyl sites for hydroxylation is 2. The zero-order valence-corrected chi connectivity index (χ0v) is 9.28. The van der Waals surface area contributed by atoms with Crippen LogP contribution in [-0.4, -0.2) is 26.1 Å². The lowest BCUT2D eigenvalue weighted by Gasteiger charge is -2.21. The minimum atomic E-state index is 0.639. The van der Waals surface area contributed by atoms with Crippen molar-refractivity contribution >= 4 is 16.9 Å². The second-order valence-corrected chi connectivity index (χ2v) is 4.42. The van der Waals surface area contributed by atoms with E-state index in [0.29, 0.717) is 5.92 Å². The van der Waals surface area contributed by atoms with Crippen molar-refractivity contribution in [3.63, 3.8) is 0 Å². The van der Waals surface area contributed by atoms with Gasteiger partial charge in [0, 0.05) is 20.1 Å². The summed E-state index contributed by atoms with van der Waals surface area (Å²) in [5.41, 5.74) is 2.03. The van der Waals surface area contributed by atoms with E-state index in [1.54, 1.807) is 0 Å². The standard InChI is InChI=1S/C10H15N5/c1-6-4-11-9-8-7(2)12-14(3)10(8)13-15(9)5-6/h6,11H,4-5H2,1-3H3. The van der Waals surface area contributed by atoms with Crippen molar-refractivity contribution < 1.29 is 0 Å². The van der Waals surface area contributed by atoms with Gasteiger partial charge in [0.15, 0.2) is 5.65 Å². The molecule has 5 heteroatoms. The van der Waals surface area contributed by atoms with Crippen LogP contribution in [0.4, 0.5) is 5.82 Å².